The maximum Gasteiger partial charge on any atom is 0.351 e. The van der Waals surface area contributed by atoms with E-state index in [-0.39, 0.29) is 12.2 Å². The molecule has 0 radical (unpaired) electrons. The average molecular weight is 332 g/mol. The van der Waals surface area contributed by atoms with Gasteiger partial charge in [-0.1, -0.05) is 18.2 Å². The lowest BCUT2D eigenvalue weighted by Crippen LogP contribution is -2.28. The van der Waals surface area contributed by atoms with Crippen LogP contribution in [0.5, 0.6) is 0 Å². The molecule has 2 aromatic rings. The minimum Gasteiger partial charge on any atom is -0.394 e. The number of hydrogen-bond donors (Lipinski definition) is 3. The van der Waals surface area contributed by atoms with E-state index in [0.717, 1.165) is 4.57 Å². The number of aliphatic hydroxyl groups excluding tert-OH is 2. The molecule has 8 heteroatoms. The predicted molar refractivity (Wildman–Crippen MR) is 84.5 cm³/mol. The van der Waals surface area contributed by atoms with Crippen molar-refractivity contribution in [3.8, 4) is 0 Å². The highest BCUT2D eigenvalue weighted by Crippen LogP contribution is 2.27. The van der Waals surface area contributed by atoms with E-state index < -0.39 is 36.6 Å². The summed E-state index contributed by atoms with van der Waals surface area (Å²) in [6.07, 6.45) is -1.54. The van der Waals surface area contributed by atoms with E-state index >= 15 is 0 Å². The first kappa shape index (κ1) is 15.0. The fraction of sp³-hybridized carbons (Fsp3) is 0.312. The Morgan fingerprint density at radius 2 is 2.17 bits per heavy atom. The Kier molecular flexibility index (Phi) is 4.32. The Hall–Kier alpha value is -2.55. The summed E-state index contributed by atoms with van der Waals surface area (Å²) in [6.45, 7) is -1.60. The number of nitrogens with one attached hydrogen (secondary N) is 1. The summed E-state index contributed by atoms with van der Waals surface area (Å²) in [5, 5.41) is 21.6. The van der Waals surface area contributed by atoms with Crippen LogP contribution in [0, 0.1) is 0 Å². The van der Waals surface area contributed by atoms with Crippen molar-refractivity contribution in [2.75, 3.05) is 11.9 Å². The summed E-state index contributed by atoms with van der Waals surface area (Å²) in [6, 6.07) is 9.93. The number of carbonyl (C=O) groups excluding carboxylic acids is 1. The normalized spacial score (nSPS) is 25.1. The van der Waals surface area contributed by atoms with E-state index in [4.69, 9.17) is 6.11 Å². The largest absolute Gasteiger partial charge is 0.394 e. The smallest absolute Gasteiger partial charge is 0.351 e. The van der Waals surface area contributed by atoms with Crippen LogP contribution >= 0.6 is 0 Å². The Labute approximate surface area is 138 Å². The Bertz CT molecular complexity index is 811. The van der Waals surface area contributed by atoms with Crippen molar-refractivity contribution in [3.63, 3.8) is 0 Å². The molecule has 0 spiro atoms. The van der Waals surface area contributed by atoms with Gasteiger partial charge in [-0.2, -0.15) is 4.98 Å². The zero-order chi connectivity index (χ0) is 18.0. The van der Waals surface area contributed by atoms with Crippen molar-refractivity contribution in [1.29, 1.82) is 0 Å². The lowest BCUT2D eigenvalue weighted by Gasteiger charge is -2.14. The molecule has 4 atom stereocenters. The van der Waals surface area contributed by atoms with Crippen molar-refractivity contribution in [3.05, 3.63) is 58.6 Å². The topological polar surface area (TPSA) is 114 Å². The summed E-state index contributed by atoms with van der Waals surface area (Å²) in [7, 11) is 0. The van der Waals surface area contributed by atoms with Gasteiger partial charge in [0, 0.05) is 18.2 Å². The zero-order valence-electron chi connectivity index (χ0n) is 13.6. The summed E-state index contributed by atoms with van der Waals surface area (Å²) in [5.74, 6) is -0.305. The molecule has 1 saturated heterocycles. The van der Waals surface area contributed by atoms with Crippen LogP contribution in [0.15, 0.2) is 47.4 Å². The first-order valence-electron chi connectivity index (χ1n) is 7.93. The molecule has 2 heterocycles. The van der Waals surface area contributed by atoms with Crippen molar-refractivity contribution < 1.29 is 21.1 Å². The minimum atomic E-state index is -1.60. The minimum absolute atomic E-state index is 0.0535. The van der Waals surface area contributed by atoms with Crippen LogP contribution in [0.3, 0.4) is 0 Å². The van der Waals surface area contributed by atoms with Crippen LogP contribution in [-0.2, 0) is 4.74 Å². The lowest BCUT2D eigenvalue weighted by molar-refractivity contribution is -0.0458. The number of hydrogen-bond acceptors (Lipinski definition) is 6. The van der Waals surface area contributed by atoms with Crippen LogP contribution in [0.2, 0.25) is 0 Å². The van der Waals surface area contributed by atoms with Crippen LogP contribution < -0.4 is 11.0 Å². The highest BCUT2D eigenvalue weighted by atomic mass is 16.5. The molecule has 3 N–H and O–H groups in total. The van der Waals surface area contributed by atoms with Gasteiger partial charge in [-0.15, -0.1) is 0 Å². The third-order valence-electron chi connectivity index (χ3n) is 3.70. The summed E-state index contributed by atoms with van der Waals surface area (Å²) in [5.41, 5.74) is -0.244. The Morgan fingerprint density at radius 3 is 2.79 bits per heavy atom. The Balaban J connectivity index is 1.74. The zero-order valence-corrected chi connectivity index (χ0v) is 12.6. The van der Waals surface area contributed by atoms with E-state index in [2.05, 4.69) is 10.3 Å². The maximum absolute atomic E-state index is 12.2. The second kappa shape index (κ2) is 6.91. The molecule has 1 aromatic heterocycles. The highest BCUT2D eigenvalue weighted by molar-refractivity contribution is 6.03. The maximum atomic E-state index is 12.2. The van der Waals surface area contributed by atoms with E-state index in [9.17, 15) is 19.8 Å². The second-order valence-corrected chi connectivity index (χ2v) is 5.33. The number of aliphatic hydroxyl groups is 2. The molecule has 1 aliphatic rings. The van der Waals surface area contributed by atoms with Gasteiger partial charge >= 0.3 is 5.69 Å². The molecule has 24 heavy (non-hydrogen) atoms. The number of carbonyl (C=O) groups is 1. The van der Waals surface area contributed by atoms with Gasteiger partial charge in [0.25, 0.3) is 5.91 Å². The number of aromatic nitrogens is 2. The number of benzene rings is 1. The van der Waals surface area contributed by atoms with E-state index in [0.29, 0.717) is 5.56 Å². The van der Waals surface area contributed by atoms with Gasteiger partial charge in [-0.3, -0.25) is 9.36 Å². The molecule has 1 aliphatic heterocycles. The number of ether oxygens (including phenoxy) is 1. The Morgan fingerprint density at radius 1 is 1.42 bits per heavy atom. The van der Waals surface area contributed by atoms with E-state index in [1.165, 1.54) is 12.3 Å². The molecular weight excluding hydrogens is 314 g/mol. The van der Waals surface area contributed by atoms with Crippen molar-refractivity contribution in [1.82, 2.24) is 9.55 Å². The van der Waals surface area contributed by atoms with Crippen molar-refractivity contribution >= 4 is 11.7 Å². The molecule has 0 bridgehead atoms. The molecule has 1 amide bonds. The number of nitrogens with zero attached hydrogens (tertiary/aromatic N) is 2. The van der Waals surface area contributed by atoms with Crippen LogP contribution in [-0.4, -0.2) is 44.5 Å². The van der Waals surface area contributed by atoms with Gasteiger partial charge in [0.2, 0.25) is 0 Å². The van der Waals surface area contributed by atoms with Crippen LogP contribution in [0.25, 0.3) is 0 Å². The summed E-state index contributed by atoms with van der Waals surface area (Å²) < 4.78 is 13.7. The van der Waals surface area contributed by atoms with Gasteiger partial charge in [0.1, 0.15) is 18.1 Å². The van der Waals surface area contributed by atoms with Gasteiger partial charge in [0.05, 0.1) is 14.1 Å². The lowest BCUT2D eigenvalue weighted by atomic mass is 10.2. The molecule has 3 rings (SSSR count). The first-order chi connectivity index (χ1) is 12.0. The highest BCUT2D eigenvalue weighted by Gasteiger charge is 2.34. The monoisotopic (exact) mass is 332 g/mol. The second-order valence-electron chi connectivity index (χ2n) is 5.33. The molecule has 1 aromatic carbocycles. The summed E-state index contributed by atoms with van der Waals surface area (Å²) in [4.78, 5) is 28.0. The third-order valence-corrected chi connectivity index (χ3v) is 3.70. The van der Waals surface area contributed by atoms with E-state index in [1.54, 1.807) is 30.3 Å². The van der Waals surface area contributed by atoms with Crippen LogP contribution in [0.1, 0.15) is 24.4 Å². The molecule has 0 unspecified atom stereocenters. The number of amides is 1. The van der Waals surface area contributed by atoms with Gasteiger partial charge < -0.3 is 20.3 Å². The van der Waals surface area contributed by atoms with Gasteiger partial charge in [0.15, 0.2) is 0 Å². The van der Waals surface area contributed by atoms with Gasteiger partial charge in [-0.05, 0) is 18.2 Å². The summed E-state index contributed by atoms with van der Waals surface area (Å²) >= 11 is 0. The first-order valence-corrected chi connectivity index (χ1v) is 7.35. The molecular formula is C16H17N3O5. The molecule has 8 nitrogen and oxygen atoms in total. The molecule has 126 valence electrons. The third kappa shape index (κ3) is 3.35. The average Bonchev–Trinajstić information content (AvgIpc) is 2.97. The van der Waals surface area contributed by atoms with Crippen molar-refractivity contribution in [2.45, 2.75) is 24.9 Å². The SMILES string of the molecule is [2H][C@H](O)[C@H]1O[C@@H](n2ccc(NC(=O)c3ccccc3)nc2=O)C[C@@H]1O. The van der Waals surface area contributed by atoms with Crippen LogP contribution in [0.4, 0.5) is 5.82 Å². The quantitative estimate of drug-likeness (QED) is 0.734. The molecule has 0 saturated carbocycles. The number of anilines is 1. The van der Waals surface area contributed by atoms with Crippen molar-refractivity contribution in [2.24, 2.45) is 0 Å². The van der Waals surface area contributed by atoms with Gasteiger partial charge in [-0.25, -0.2) is 4.79 Å². The molecule has 1 fully saturated rings. The number of rotatable bonds is 4. The fourth-order valence-electron chi connectivity index (χ4n) is 2.46. The molecule has 0 aliphatic carbocycles. The van der Waals surface area contributed by atoms with E-state index in [1.807, 2.05) is 0 Å². The standard InChI is InChI=1S/C16H17N3O5/c20-9-12-11(21)8-14(24-12)19-7-6-13(18-16(19)23)17-15(22)10-4-2-1-3-5-10/h1-7,11-12,14,20-21H,8-9H2,(H,17,18,22,23)/t11-,12+,14+/m0/s1/i9D/t9-,11-,12+,14+. The fourth-order valence-corrected chi connectivity index (χ4v) is 2.46. The predicted octanol–water partition coefficient (Wildman–Crippen LogP) is 0.136.